The highest BCUT2D eigenvalue weighted by atomic mass is 16.7. The number of hydrogen-bond acceptors (Lipinski definition) is 3. The van der Waals surface area contributed by atoms with Gasteiger partial charge in [-0.2, -0.15) is 0 Å². The summed E-state index contributed by atoms with van der Waals surface area (Å²) in [6.45, 7) is 6.88. The lowest BCUT2D eigenvalue weighted by Crippen LogP contribution is -2.24. The van der Waals surface area contributed by atoms with Crippen LogP contribution in [0.15, 0.2) is 0 Å². The molecule has 0 spiro atoms. The van der Waals surface area contributed by atoms with Crippen LogP contribution >= 0.6 is 0 Å². The van der Waals surface area contributed by atoms with Crippen LogP contribution in [0.2, 0.25) is 0 Å². The molecule has 3 unspecified atom stereocenters. The number of aliphatic hydroxyl groups excluding tert-OH is 1. The number of ether oxygens (including phenoxy) is 2. The van der Waals surface area contributed by atoms with Gasteiger partial charge in [0.25, 0.3) is 0 Å². The normalized spacial score (nSPS) is 29.8. The van der Waals surface area contributed by atoms with Gasteiger partial charge in [0, 0.05) is 13.0 Å². The Labute approximate surface area is 86.4 Å². The van der Waals surface area contributed by atoms with Crippen LogP contribution in [0.1, 0.15) is 40.0 Å². The molecule has 0 radical (unpaired) electrons. The molecule has 0 aromatic rings. The Morgan fingerprint density at radius 3 is 2.57 bits per heavy atom. The third-order valence-electron chi connectivity index (χ3n) is 2.55. The fourth-order valence-electron chi connectivity index (χ4n) is 1.54. The van der Waals surface area contributed by atoms with E-state index >= 15 is 0 Å². The van der Waals surface area contributed by atoms with Gasteiger partial charge in [0.2, 0.25) is 0 Å². The summed E-state index contributed by atoms with van der Waals surface area (Å²) in [7, 11) is 0. The van der Waals surface area contributed by atoms with E-state index in [1.165, 1.54) is 0 Å². The first kappa shape index (κ1) is 12.0. The van der Waals surface area contributed by atoms with Crippen LogP contribution in [0, 0.1) is 5.92 Å². The summed E-state index contributed by atoms with van der Waals surface area (Å²) in [4.78, 5) is 0. The standard InChI is InChI=1S/C11H22O3/c1-8(2)6-7-13-11-5-4-10(14-11)9(3)12/h8-12H,4-7H2,1-3H3. The van der Waals surface area contributed by atoms with Crippen molar-refractivity contribution >= 4 is 0 Å². The van der Waals surface area contributed by atoms with Crippen LogP contribution in [0.3, 0.4) is 0 Å². The maximum absolute atomic E-state index is 9.30. The molecule has 0 aromatic heterocycles. The van der Waals surface area contributed by atoms with Crippen molar-refractivity contribution in [3.05, 3.63) is 0 Å². The van der Waals surface area contributed by atoms with Crippen LogP contribution in [-0.2, 0) is 9.47 Å². The molecule has 1 aliphatic rings. The third-order valence-corrected chi connectivity index (χ3v) is 2.55. The second-order valence-electron chi connectivity index (χ2n) is 4.48. The van der Waals surface area contributed by atoms with Crippen LogP contribution in [0.4, 0.5) is 0 Å². The Kier molecular flexibility index (Phi) is 4.85. The lowest BCUT2D eigenvalue weighted by atomic mass is 10.1. The van der Waals surface area contributed by atoms with E-state index in [0.29, 0.717) is 5.92 Å². The summed E-state index contributed by atoms with van der Waals surface area (Å²) in [6, 6.07) is 0. The van der Waals surface area contributed by atoms with E-state index in [-0.39, 0.29) is 18.5 Å². The predicted octanol–water partition coefficient (Wildman–Crippen LogP) is 1.94. The van der Waals surface area contributed by atoms with E-state index in [1.54, 1.807) is 6.92 Å². The first-order chi connectivity index (χ1) is 6.59. The average molecular weight is 202 g/mol. The largest absolute Gasteiger partial charge is 0.391 e. The molecular formula is C11H22O3. The first-order valence-corrected chi connectivity index (χ1v) is 5.54. The highest BCUT2D eigenvalue weighted by Crippen LogP contribution is 2.23. The van der Waals surface area contributed by atoms with Crippen LogP contribution in [0.25, 0.3) is 0 Å². The summed E-state index contributed by atoms with van der Waals surface area (Å²) in [6.07, 6.45) is 2.39. The second kappa shape index (κ2) is 5.69. The Morgan fingerprint density at radius 2 is 2.07 bits per heavy atom. The summed E-state index contributed by atoms with van der Waals surface area (Å²) in [5.41, 5.74) is 0. The number of hydrogen-bond donors (Lipinski definition) is 1. The topological polar surface area (TPSA) is 38.7 Å². The number of aliphatic hydroxyl groups is 1. The van der Waals surface area contributed by atoms with Gasteiger partial charge >= 0.3 is 0 Å². The van der Waals surface area contributed by atoms with E-state index < -0.39 is 0 Å². The zero-order valence-corrected chi connectivity index (χ0v) is 9.40. The Hall–Kier alpha value is -0.120. The highest BCUT2D eigenvalue weighted by Gasteiger charge is 2.28. The van der Waals surface area contributed by atoms with Crippen molar-refractivity contribution in [2.75, 3.05) is 6.61 Å². The van der Waals surface area contributed by atoms with Crippen molar-refractivity contribution in [3.63, 3.8) is 0 Å². The molecule has 14 heavy (non-hydrogen) atoms. The molecule has 1 saturated heterocycles. The molecule has 0 amide bonds. The smallest absolute Gasteiger partial charge is 0.158 e. The van der Waals surface area contributed by atoms with Gasteiger partial charge in [-0.15, -0.1) is 0 Å². The quantitative estimate of drug-likeness (QED) is 0.740. The van der Waals surface area contributed by atoms with Gasteiger partial charge < -0.3 is 14.6 Å². The molecule has 3 atom stereocenters. The Morgan fingerprint density at radius 1 is 1.36 bits per heavy atom. The van der Waals surface area contributed by atoms with Crippen molar-refractivity contribution in [3.8, 4) is 0 Å². The molecule has 84 valence electrons. The molecule has 0 bridgehead atoms. The molecule has 1 N–H and O–H groups in total. The fraction of sp³-hybridized carbons (Fsp3) is 1.00. The monoisotopic (exact) mass is 202 g/mol. The van der Waals surface area contributed by atoms with Crippen molar-refractivity contribution < 1.29 is 14.6 Å². The SMILES string of the molecule is CC(C)CCOC1CCC(C(C)O)O1. The van der Waals surface area contributed by atoms with Crippen LogP contribution in [0.5, 0.6) is 0 Å². The van der Waals surface area contributed by atoms with E-state index in [1.807, 2.05) is 0 Å². The van der Waals surface area contributed by atoms with Gasteiger partial charge in [-0.25, -0.2) is 0 Å². The molecule has 3 nitrogen and oxygen atoms in total. The molecular weight excluding hydrogens is 180 g/mol. The third kappa shape index (κ3) is 3.95. The van der Waals surface area contributed by atoms with E-state index in [9.17, 15) is 5.11 Å². The van der Waals surface area contributed by atoms with E-state index in [2.05, 4.69) is 13.8 Å². The predicted molar refractivity (Wildman–Crippen MR) is 55.0 cm³/mol. The molecule has 1 heterocycles. The van der Waals surface area contributed by atoms with Crippen molar-refractivity contribution in [1.29, 1.82) is 0 Å². The van der Waals surface area contributed by atoms with Gasteiger partial charge in [-0.1, -0.05) is 13.8 Å². The van der Waals surface area contributed by atoms with Crippen molar-refractivity contribution in [1.82, 2.24) is 0 Å². The molecule has 1 fully saturated rings. The van der Waals surface area contributed by atoms with Crippen molar-refractivity contribution in [2.24, 2.45) is 5.92 Å². The van der Waals surface area contributed by atoms with Gasteiger partial charge in [-0.05, 0) is 25.7 Å². The van der Waals surface area contributed by atoms with Crippen molar-refractivity contribution in [2.45, 2.75) is 58.5 Å². The Bertz CT molecular complexity index is 157. The average Bonchev–Trinajstić information content (AvgIpc) is 2.52. The fourth-order valence-corrected chi connectivity index (χ4v) is 1.54. The second-order valence-corrected chi connectivity index (χ2v) is 4.48. The minimum atomic E-state index is -0.381. The summed E-state index contributed by atoms with van der Waals surface area (Å²) >= 11 is 0. The highest BCUT2D eigenvalue weighted by molar-refractivity contribution is 4.72. The summed E-state index contributed by atoms with van der Waals surface area (Å²) in [5.74, 6) is 0.670. The van der Waals surface area contributed by atoms with Gasteiger partial charge in [0.05, 0.1) is 12.2 Å². The lowest BCUT2D eigenvalue weighted by Gasteiger charge is -2.16. The van der Waals surface area contributed by atoms with Gasteiger partial charge in [-0.3, -0.25) is 0 Å². The van der Waals surface area contributed by atoms with Crippen LogP contribution in [-0.4, -0.2) is 30.2 Å². The molecule has 0 aromatic carbocycles. The zero-order chi connectivity index (χ0) is 10.6. The molecule has 1 aliphatic heterocycles. The summed E-state index contributed by atoms with van der Waals surface area (Å²) in [5, 5.41) is 9.30. The molecule has 0 aliphatic carbocycles. The van der Waals surface area contributed by atoms with Crippen LogP contribution < -0.4 is 0 Å². The molecule has 0 saturated carbocycles. The maximum Gasteiger partial charge on any atom is 0.158 e. The maximum atomic E-state index is 9.30. The van der Waals surface area contributed by atoms with E-state index in [4.69, 9.17) is 9.47 Å². The zero-order valence-electron chi connectivity index (χ0n) is 9.40. The Balaban J connectivity index is 2.10. The summed E-state index contributed by atoms with van der Waals surface area (Å²) < 4.78 is 11.1. The minimum absolute atomic E-state index is 0.0287. The lowest BCUT2D eigenvalue weighted by molar-refractivity contribution is -0.152. The van der Waals surface area contributed by atoms with E-state index in [0.717, 1.165) is 25.9 Å². The van der Waals surface area contributed by atoms with Gasteiger partial charge in [0.15, 0.2) is 6.29 Å². The first-order valence-electron chi connectivity index (χ1n) is 5.54. The molecule has 3 heteroatoms. The number of rotatable bonds is 5. The molecule has 1 rings (SSSR count). The minimum Gasteiger partial charge on any atom is -0.391 e. The van der Waals surface area contributed by atoms with Gasteiger partial charge in [0.1, 0.15) is 0 Å².